The zero-order chi connectivity index (χ0) is 14.6. The summed E-state index contributed by atoms with van der Waals surface area (Å²) in [6.07, 6.45) is 0. The van der Waals surface area contributed by atoms with Gasteiger partial charge in [-0.25, -0.2) is 4.79 Å². The number of methoxy groups -OCH3 is 1. The molecule has 1 rings (SSSR count). The molecule has 19 heavy (non-hydrogen) atoms. The molecule has 0 saturated carbocycles. The molecule has 2 N–H and O–H groups in total. The molecule has 102 valence electrons. The zero-order valence-electron chi connectivity index (χ0n) is 9.75. The number of esters is 1. The molecule has 0 heterocycles. The van der Waals surface area contributed by atoms with Gasteiger partial charge in [-0.05, 0) is 23.4 Å². The number of alkyl halides is 3. The van der Waals surface area contributed by atoms with E-state index in [2.05, 4.69) is 4.74 Å². The van der Waals surface area contributed by atoms with Crippen molar-refractivity contribution in [1.82, 2.24) is 0 Å². The van der Waals surface area contributed by atoms with Crippen molar-refractivity contribution in [3.8, 4) is 6.07 Å². The van der Waals surface area contributed by atoms with E-state index in [1.54, 1.807) is 6.07 Å². The molecule has 0 aliphatic rings. The minimum absolute atomic E-state index is 0.0872. The number of halogens is 3. The predicted molar refractivity (Wildman–Crippen MR) is 62.3 cm³/mol. The maximum absolute atomic E-state index is 12.4. The van der Waals surface area contributed by atoms with Gasteiger partial charge in [0.2, 0.25) is 0 Å². The first-order valence-corrected chi connectivity index (χ1v) is 5.75. The Morgan fingerprint density at radius 3 is 2.58 bits per heavy atom. The highest BCUT2D eigenvalue weighted by molar-refractivity contribution is 8.00. The molecule has 8 heteroatoms. The summed E-state index contributed by atoms with van der Waals surface area (Å²) in [5.74, 6) is -0.887. The largest absolute Gasteiger partial charge is 0.465 e. The van der Waals surface area contributed by atoms with Crippen molar-refractivity contribution in [3.05, 3.63) is 28.8 Å². The average molecular weight is 290 g/mol. The topological polar surface area (TPSA) is 76.1 Å². The van der Waals surface area contributed by atoms with E-state index in [4.69, 9.17) is 11.0 Å². The summed E-state index contributed by atoms with van der Waals surface area (Å²) in [6, 6.07) is 3.99. The summed E-state index contributed by atoms with van der Waals surface area (Å²) in [4.78, 5) is 11.2. The van der Waals surface area contributed by atoms with Gasteiger partial charge >= 0.3 is 11.5 Å². The molecule has 0 aliphatic carbocycles. The Morgan fingerprint density at radius 1 is 1.53 bits per heavy atom. The summed E-state index contributed by atoms with van der Waals surface area (Å²) >= 11 is -0.458. The van der Waals surface area contributed by atoms with Crippen molar-refractivity contribution in [1.29, 1.82) is 5.26 Å². The maximum Gasteiger partial charge on any atom is 0.446 e. The predicted octanol–water partition coefficient (Wildman–Crippen LogP) is 2.42. The van der Waals surface area contributed by atoms with Crippen LogP contribution < -0.4 is 5.73 Å². The molecule has 0 unspecified atom stereocenters. The van der Waals surface area contributed by atoms with Crippen molar-refractivity contribution in [2.24, 2.45) is 5.73 Å². The number of nitriles is 1. The van der Waals surface area contributed by atoms with Gasteiger partial charge in [0.15, 0.2) is 0 Å². The molecule has 0 atom stereocenters. The molecule has 1 aromatic rings. The van der Waals surface area contributed by atoms with Gasteiger partial charge in [-0.3, -0.25) is 0 Å². The van der Waals surface area contributed by atoms with Crippen molar-refractivity contribution >= 4 is 17.7 Å². The third-order valence-corrected chi connectivity index (χ3v) is 2.99. The second kappa shape index (κ2) is 5.95. The highest BCUT2D eigenvalue weighted by atomic mass is 32.2. The van der Waals surface area contributed by atoms with E-state index in [0.717, 1.165) is 13.2 Å². The molecule has 0 spiro atoms. The van der Waals surface area contributed by atoms with Crippen LogP contribution in [0, 0.1) is 11.3 Å². The first-order valence-electron chi connectivity index (χ1n) is 4.94. The third kappa shape index (κ3) is 3.62. The normalized spacial score (nSPS) is 10.9. The lowest BCUT2D eigenvalue weighted by Crippen LogP contribution is -2.13. The first-order chi connectivity index (χ1) is 8.84. The Balaban J connectivity index is 3.46. The van der Waals surface area contributed by atoms with Crippen molar-refractivity contribution < 1.29 is 22.7 Å². The molecule has 0 fully saturated rings. The van der Waals surface area contributed by atoms with Crippen molar-refractivity contribution in [2.75, 3.05) is 7.11 Å². The summed E-state index contributed by atoms with van der Waals surface area (Å²) in [6.45, 7) is -0.0872. The summed E-state index contributed by atoms with van der Waals surface area (Å²) in [5.41, 5.74) is 0.506. The highest BCUT2D eigenvalue weighted by Crippen LogP contribution is 2.39. The van der Waals surface area contributed by atoms with E-state index in [1.807, 2.05) is 0 Å². The lowest BCUT2D eigenvalue weighted by molar-refractivity contribution is -0.0328. The van der Waals surface area contributed by atoms with Gasteiger partial charge in [0, 0.05) is 11.4 Å². The fraction of sp³-hybridized carbons (Fsp3) is 0.273. The smallest absolute Gasteiger partial charge is 0.446 e. The number of thioether (sulfide) groups is 1. The molecular formula is C11H9F3N2O2S. The first kappa shape index (κ1) is 15.3. The summed E-state index contributed by atoms with van der Waals surface area (Å²) in [7, 11) is 1.08. The molecule has 0 amide bonds. The van der Waals surface area contributed by atoms with Crippen LogP contribution in [0.5, 0.6) is 0 Å². The van der Waals surface area contributed by atoms with Gasteiger partial charge < -0.3 is 10.5 Å². The fourth-order valence-corrected chi connectivity index (χ4v) is 2.09. The number of hydrogen-bond acceptors (Lipinski definition) is 5. The van der Waals surface area contributed by atoms with Crippen molar-refractivity contribution in [2.45, 2.75) is 16.9 Å². The Morgan fingerprint density at radius 2 is 2.16 bits per heavy atom. The fourth-order valence-electron chi connectivity index (χ4n) is 1.45. The van der Waals surface area contributed by atoms with Gasteiger partial charge in [-0.15, -0.1) is 0 Å². The van der Waals surface area contributed by atoms with Crippen LogP contribution >= 0.6 is 11.8 Å². The SMILES string of the molecule is COC(=O)c1c(CN)ccc(SC(F)(F)F)c1C#N. The van der Waals surface area contributed by atoms with E-state index in [1.165, 1.54) is 6.07 Å². The van der Waals surface area contributed by atoms with Crippen LogP contribution in [-0.4, -0.2) is 18.6 Å². The molecule has 1 aromatic carbocycles. The van der Waals surface area contributed by atoms with Crippen LogP contribution in [0.2, 0.25) is 0 Å². The van der Waals surface area contributed by atoms with E-state index < -0.39 is 23.2 Å². The number of hydrogen-bond donors (Lipinski definition) is 1. The van der Waals surface area contributed by atoms with Crippen LogP contribution in [0.4, 0.5) is 13.2 Å². The minimum Gasteiger partial charge on any atom is -0.465 e. The number of benzene rings is 1. The average Bonchev–Trinajstić information content (AvgIpc) is 2.35. The summed E-state index contributed by atoms with van der Waals surface area (Å²) in [5, 5.41) is 8.98. The van der Waals surface area contributed by atoms with Gasteiger partial charge in [0.05, 0.1) is 18.2 Å². The number of ether oxygens (including phenoxy) is 1. The Hall–Kier alpha value is -1.72. The monoisotopic (exact) mass is 290 g/mol. The maximum atomic E-state index is 12.4. The standard InChI is InChI=1S/C11H9F3N2O2S/c1-18-10(17)9-6(4-15)2-3-8(7(9)5-16)19-11(12,13)14/h2-3H,4,15H2,1H3. The number of nitrogens with zero attached hydrogens (tertiary/aromatic N) is 1. The van der Waals surface area contributed by atoms with Crippen molar-refractivity contribution in [3.63, 3.8) is 0 Å². The number of carbonyl (C=O) groups is 1. The summed E-state index contributed by atoms with van der Waals surface area (Å²) < 4.78 is 41.6. The van der Waals surface area contributed by atoms with Gasteiger partial charge in [-0.2, -0.15) is 18.4 Å². The lowest BCUT2D eigenvalue weighted by atomic mass is 10.0. The highest BCUT2D eigenvalue weighted by Gasteiger charge is 2.32. The van der Waals surface area contributed by atoms with Crippen LogP contribution in [0.25, 0.3) is 0 Å². The van der Waals surface area contributed by atoms with Gasteiger partial charge in [0.1, 0.15) is 6.07 Å². The molecule has 0 radical (unpaired) electrons. The second-order valence-electron chi connectivity index (χ2n) is 3.33. The molecule has 0 saturated heterocycles. The molecular weight excluding hydrogens is 281 g/mol. The van der Waals surface area contributed by atoms with Crippen LogP contribution in [-0.2, 0) is 11.3 Å². The van der Waals surface area contributed by atoms with E-state index in [0.29, 0.717) is 0 Å². The van der Waals surface area contributed by atoms with E-state index in [-0.39, 0.29) is 28.1 Å². The van der Waals surface area contributed by atoms with Crippen LogP contribution in [0.15, 0.2) is 17.0 Å². The van der Waals surface area contributed by atoms with E-state index >= 15 is 0 Å². The molecule has 0 aliphatic heterocycles. The molecule has 4 nitrogen and oxygen atoms in total. The lowest BCUT2D eigenvalue weighted by Gasteiger charge is -2.13. The Bertz CT molecular complexity index is 538. The van der Waals surface area contributed by atoms with Gasteiger partial charge in [0.25, 0.3) is 0 Å². The zero-order valence-corrected chi connectivity index (χ0v) is 10.6. The second-order valence-corrected chi connectivity index (χ2v) is 4.43. The number of nitrogens with two attached hydrogens (primary N) is 1. The van der Waals surface area contributed by atoms with Crippen LogP contribution in [0.3, 0.4) is 0 Å². The van der Waals surface area contributed by atoms with E-state index in [9.17, 15) is 18.0 Å². The minimum atomic E-state index is -4.55. The number of rotatable bonds is 3. The van der Waals surface area contributed by atoms with Crippen LogP contribution in [0.1, 0.15) is 21.5 Å². The Labute approximate surface area is 111 Å². The van der Waals surface area contributed by atoms with Gasteiger partial charge in [-0.1, -0.05) is 6.07 Å². The molecule has 0 bridgehead atoms. The number of carbonyl (C=O) groups excluding carboxylic acids is 1. The molecule has 0 aromatic heterocycles. The Kier molecular flexibility index (Phi) is 4.80. The quantitative estimate of drug-likeness (QED) is 0.683. The third-order valence-electron chi connectivity index (χ3n) is 2.20.